The van der Waals surface area contributed by atoms with Gasteiger partial charge < -0.3 is 65.0 Å². The first-order valence-electron chi connectivity index (χ1n) is 19.5. The summed E-state index contributed by atoms with van der Waals surface area (Å²) in [4.78, 5) is 38.8. The quantitative estimate of drug-likeness (QED) is 0.0864. The van der Waals surface area contributed by atoms with Crippen LogP contribution in [0.15, 0.2) is 36.5 Å². The van der Waals surface area contributed by atoms with Gasteiger partial charge in [0.05, 0.1) is 31.1 Å². The molecule has 1 aliphatic carbocycles. The van der Waals surface area contributed by atoms with Crippen molar-refractivity contribution in [2.75, 3.05) is 20.2 Å². The number of aliphatic carboxylic acids is 1. The molecule has 19 nitrogen and oxygen atoms in total. The third kappa shape index (κ3) is 10.8. The SMILES string of the molecule is CCC[C@H](OC1C(NC(C)=O)[C@H](O[C@@H]2CC(C(=O)CCCNC)CC(n3cc(-c4ccccc4)nn3)[C@H]2O[C@@H]2OC(C)[C@@H](O)[C@H](O)C2O)O[C@@H](CO)[C@@H]1O)C(=O)O. The van der Waals surface area contributed by atoms with Gasteiger partial charge in [-0.05, 0) is 46.2 Å². The number of rotatable bonds is 18. The standard InChI is InChI=1S/C38H57N5O14/c1-5-10-26(36(51)52)54-35-29(40-20(3)45)37(56-28(18-44)31(35)48)55-27-16-22(25(46)13-9-14-39-4)15-24(43-17-23(41-42-43)21-11-7-6-8-12-21)34(27)57-38-33(50)32(49)30(47)19(2)53-38/h6-8,11-12,17,19,22,24,26-35,37-39,44,47-50H,5,9-10,13-16,18H2,1-4H3,(H,40,45)(H,51,52)/t19?,22?,24?,26-,27+,28-,29?,30+,31-,32-,33?,34+,35?,37+,38-/m0/s1. The molecule has 0 radical (unpaired) electrons. The minimum Gasteiger partial charge on any atom is -0.479 e. The van der Waals surface area contributed by atoms with Gasteiger partial charge in [0.15, 0.2) is 18.7 Å². The van der Waals surface area contributed by atoms with E-state index >= 15 is 0 Å². The van der Waals surface area contributed by atoms with Crippen LogP contribution in [-0.2, 0) is 38.1 Å². The number of aliphatic hydroxyl groups is 5. The molecule has 15 atom stereocenters. The Labute approximate surface area is 330 Å². The molecule has 1 aromatic heterocycles. The van der Waals surface area contributed by atoms with Crippen molar-refractivity contribution in [3.63, 3.8) is 0 Å². The molecule has 318 valence electrons. The van der Waals surface area contributed by atoms with E-state index in [1.165, 1.54) is 18.5 Å². The molecular weight excluding hydrogens is 750 g/mol. The molecule has 57 heavy (non-hydrogen) atoms. The van der Waals surface area contributed by atoms with Gasteiger partial charge in [0.2, 0.25) is 5.91 Å². The van der Waals surface area contributed by atoms with E-state index in [1.54, 1.807) is 20.2 Å². The lowest BCUT2D eigenvalue weighted by molar-refractivity contribution is -0.337. The van der Waals surface area contributed by atoms with E-state index in [9.17, 15) is 45.0 Å². The lowest BCUT2D eigenvalue weighted by Gasteiger charge is -2.49. The Morgan fingerprint density at radius 1 is 0.982 bits per heavy atom. The van der Waals surface area contributed by atoms with Gasteiger partial charge in [-0.25, -0.2) is 9.48 Å². The van der Waals surface area contributed by atoms with Crippen LogP contribution in [0.3, 0.4) is 0 Å². The summed E-state index contributed by atoms with van der Waals surface area (Å²) in [5.41, 5.74) is 1.27. The van der Waals surface area contributed by atoms with Gasteiger partial charge in [-0.3, -0.25) is 9.59 Å². The minimum absolute atomic E-state index is 0.0153. The normalized spacial score (nSPS) is 35.0. The van der Waals surface area contributed by atoms with E-state index in [2.05, 4.69) is 20.9 Å². The van der Waals surface area contributed by atoms with Crippen molar-refractivity contribution in [2.45, 2.75) is 145 Å². The van der Waals surface area contributed by atoms with Crippen LogP contribution in [0.2, 0.25) is 0 Å². The number of Topliss-reactive ketones (excluding diaryl/α,β-unsaturated/α-hetero) is 1. The summed E-state index contributed by atoms with van der Waals surface area (Å²) in [5, 5.41) is 78.3. The van der Waals surface area contributed by atoms with E-state index in [4.69, 9.17) is 23.7 Å². The second-order valence-electron chi connectivity index (χ2n) is 15.0. The molecule has 2 aliphatic heterocycles. The molecule has 1 aromatic carbocycles. The lowest BCUT2D eigenvalue weighted by atomic mass is 9.78. The van der Waals surface area contributed by atoms with Gasteiger partial charge in [-0.15, -0.1) is 5.10 Å². The van der Waals surface area contributed by atoms with Crippen LogP contribution in [-0.4, -0.2) is 163 Å². The summed E-state index contributed by atoms with van der Waals surface area (Å²) < 4.78 is 32.6. The van der Waals surface area contributed by atoms with Crippen LogP contribution in [0, 0.1) is 5.92 Å². The molecule has 2 aromatic rings. The first-order chi connectivity index (χ1) is 27.3. The molecule has 0 bridgehead atoms. The van der Waals surface area contributed by atoms with Crippen molar-refractivity contribution in [3.05, 3.63) is 36.5 Å². The van der Waals surface area contributed by atoms with E-state index in [0.717, 1.165) is 5.56 Å². The second kappa shape index (κ2) is 20.5. The summed E-state index contributed by atoms with van der Waals surface area (Å²) in [7, 11) is 1.78. The fourth-order valence-corrected chi connectivity index (χ4v) is 7.73. The number of ketones is 1. The summed E-state index contributed by atoms with van der Waals surface area (Å²) in [5.74, 6) is -2.62. The average Bonchev–Trinajstić information content (AvgIpc) is 3.69. The molecular formula is C38H57N5O14. The predicted molar refractivity (Wildman–Crippen MR) is 198 cm³/mol. The van der Waals surface area contributed by atoms with E-state index in [1.807, 2.05) is 30.3 Å². The number of nitrogens with zero attached hydrogens (tertiary/aromatic N) is 3. The van der Waals surface area contributed by atoms with Crippen LogP contribution < -0.4 is 10.6 Å². The number of nitrogens with one attached hydrogen (secondary N) is 2. The Hall–Kier alpha value is -3.47. The molecule has 3 fully saturated rings. The zero-order valence-electron chi connectivity index (χ0n) is 32.6. The van der Waals surface area contributed by atoms with E-state index in [0.29, 0.717) is 25.1 Å². The van der Waals surface area contributed by atoms with Crippen molar-refractivity contribution in [3.8, 4) is 11.3 Å². The number of benzene rings is 1. The molecule has 6 unspecified atom stereocenters. The van der Waals surface area contributed by atoms with Crippen molar-refractivity contribution in [1.29, 1.82) is 0 Å². The minimum atomic E-state index is -1.72. The van der Waals surface area contributed by atoms with Gasteiger partial charge in [0, 0.05) is 24.8 Å². The van der Waals surface area contributed by atoms with Gasteiger partial charge in [-0.1, -0.05) is 48.9 Å². The van der Waals surface area contributed by atoms with Crippen LogP contribution in [0.25, 0.3) is 11.3 Å². The second-order valence-corrected chi connectivity index (χ2v) is 15.0. The number of carbonyl (C=O) groups excluding carboxylic acids is 2. The van der Waals surface area contributed by atoms with Crippen molar-refractivity contribution in [2.24, 2.45) is 5.92 Å². The van der Waals surface area contributed by atoms with Crippen molar-refractivity contribution < 1.29 is 68.7 Å². The lowest BCUT2D eigenvalue weighted by Crippen LogP contribution is -2.67. The summed E-state index contributed by atoms with van der Waals surface area (Å²) in [6.45, 7) is 4.33. The number of aliphatic hydroxyl groups excluding tert-OH is 5. The number of carboxylic acids is 1. The first-order valence-corrected chi connectivity index (χ1v) is 19.5. The van der Waals surface area contributed by atoms with Crippen molar-refractivity contribution >= 4 is 17.7 Å². The zero-order valence-corrected chi connectivity index (χ0v) is 32.6. The van der Waals surface area contributed by atoms with E-state index < -0.39 is 110 Å². The highest BCUT2D eigenvalue weighted by atomic mass is 16.7. The van der Waals surface area contributed by atoms with Gasteiger partial charge in [0.25, 0.3) is 0 Å². The molecule has 0 spiro atoms. The number of amides is 1. The number of hydrogen-bond acceptors (Lipinski definition) is 16. The maximum absolute atomic E-state index is 13.9. The van der Waals surface area contributed by atoms with Gasteiger partial charge in [0.1, 0.15) is 60.2 Å². The summed E-state index contributed by atoms with van der Waals surface area (Å²) in [6, 6.07) is 7.08. The topological polar surface area (TPSA) is 274 Å². The third-order valence-corrected chi connectivity index (χ3v) is 10.8. The number of ether oxygens (including phenoxy) is 5. The maximum Gasteiger partial charge on any atom is 0.332 e. The molecule has 5 rings (SSSR count). The molecule has 2 saturated heterocycles. The largest absolute Gasteiger partial charge is 0.479 e. The third-order valence-electron chi connectivity index (χ3n) is 10.8. The fourth-order valence-electron chi connectivity index (χ4n) is 7.73. The summed E-state index contributed by atoms with van der Waals surface area (Å²) in [6.07, 6.45) is -13.7. The molecule has 1 amide bonds. The number of aromatic nitrogens is 3. The molecule has 3 heterocycles. The number of carbonyl (C=O) groups is 3. The first kappa shape index (κ1) is 44.6. The molecule has 8 N–H and O–H groups in total. The van der Waals surface area contributed by atoms with Gasteiger partial charge >= 0.3 is 5.97 Å². The van der Waals surface area contributed by atoms with Gasteiger partial charge in [-0.2, -0.15) is 0 Å². The number of hydrogen-bond donors (Lipinski definition) is 8. The number of carboxylic acid groups (broad SMARTS) is 1. The monoisotopic (exact) mass is 807 g/mol. The Morgan fingerprint density at radius 2 is 1.72 bits per heavy atom. The Kier molecular flexibility index (Phi) is 16.0. The highest BCUT2D eigenvalue weighted by molar-refractivity contribution is 5.81. The Bertz CT molecular complexity index is 1600. The predicted octanol–water partition coefficient (Wildman–Crippen LogP) is -0.716. The van der Waals surface area contributed by atoms with Crippen molar-refractivity contribution in [1.82, 2.24) is 25.6 Å². The fraction of sp³-hybridized carbons (Fsp3) is 0.711. The highest BCUT2D eigenvalue weighted by Gasteiger charge is 2.53. The van der Waals surface area contributed by atoms with E-state index in [-0.39, 0.29) is 31.5 Å². The zero-order chi connectivity index (χ0) is 41.4. The molecule has 1 saturated carbocycles. The summed E-state index contributed by atoms with van der Waals surface area (Å²) >= 11 is 0. The van der Waals surface area contributed by atoms with Crippen LogP contribution in [0.5, 0.6) is 0 Å². The highest BCUT2D eigenvalue weighted by Crippen LogP contribution is 2.41. The average molecular weight is 808 g/mol. The Morgan fingerprint density at radius 3 is 2.37 bits per heavy atom. The molecule has 3 aliphatic rings. The maximum atomic E-state index is 13.9. The smallest absolute Gasteiger partial charge is 0.332 e. The molecule has 19 heteroatoms. The Balaban J connectivity index is 1.58. The van der Waals surface area contributed by atoms with Crippen LogP contribution in [0.1, 0.15) is 65.3 Å². The van der Waals surface area contributed by atoms with Crippen LogP contribution in [0.4, 0.5) is 0 Å². The van der Waals surface area contributed by atoms with Crippen LogP contribution >= 0.6 is 0 Å².